The zero-order valence-corrected chi connectivity index (χ0v) is 24.6. The number of halogens is 1. The number of anilines is 2. The Kier molecular flexibility index (Phi) is 8.11. The van der Waals surface area contributed by atoms with Crippen LogP contribution in [0, 0.1) is 5.92 Å². The molecule has 1 aliphatic carbocycles. The van der Waals surface area contributed by atoms with Crippen LogP contribution in [0.3, 0.4) is 0 Å². The molecule has 42 heavy (non-hydrogen) atoms. The Hall–Kier alpha value is -2.16. The number of rotatable bonds is 3. The van der Waals surface area contributed by atoms with E-state index in [1.807, 2.05) is 0 Å². The van der Waals surface area contributed by atoms with E-state index in [-0.39, 0.29) is 29.5 Å². The summed E-state index contributed by atoms with van der Waals surface area (Å²) < 4.78 is 58.4. The molecule has 10 atom stereocenters. The normalized spacial score (nSPS) is 39.2. The van der Waals surface area contributed by atoms with Gasteiger partial charge in [-0.3, -0.25) is 18.9 Å². The lowest BCUT2D eigenvalue weighted by Gasteiger charge is -2.28. The van der Waals surface area contributed by atoms with Crippen molar-refractivity contribution in [2.75, 3.05) is 24.3 Å². The van der Waals surface area contributed by atoms with Gasteiger partial charge < -0.3 is 39.4 Å². The summed E-state index contributed by atoms with van der Waals surface area (Å²) in [5.41, 5.74) is 4.95. The molecular weight excluding hydrogens is 643 g/mol. The number of H-pyrrole nitrogens is 1. The SMILES string of the molecule is Nc1nc2c(ncn2[C@@H]2OC3COP(O)(=S)O[C@@H]4[C@@H](COP(=O)(S)O[C@@H]2[C@@H]3O)C[C@@H](Nc2ncncn2)[C@@H]4F)c(=O)[nH]1. The lowest BCUT2D eigenvalue weighted by molar-refractivity contribution is -0.0515. The predicted molar refractivity (Wildman–Crippen MR) is 147 cm³/mol. The van der Waals surface area contributed by atoms with Crippen molar-refractivity contribution in [1.82, 2.24) is 34.5 Å². The van der Waals surface area contributed by atoms with Crippen LogP contribution < -0.4 is 16.6 Å². The van der Waals surface area contributed by atoms with E-state index in [1.54, 1.807) is 0 Å². The number of ether oxygens (including phenoxy) is 1. The second kappa shape index (κ2) is 11.4. The largest absolute Gasteiger partial charge is 0.387 e. The van der Waals surface area contributed by atoms with Gasteiger partial charge in [0, 0.05) is 5.92 Å². The van der Waals surface area contributed by atoms with E-state index in [4.69, 9.17) is 40.4 Å². The number of aliphatic hydroxyl groups excluding tert-OH is 1. The van der Waals surface area contributed by atoms with Crippen LogP contribution in [0.2, 0.25) is 0 Å². The zero-order valence-electron chi connectivity index (χ0n) is 21.1. The molecule has 3 aliphatic rings. The topological polar surface area (TPSA) is 244 Å². The molecule has 0 amide bonds. The molecule has 3 aromatic rings. The Morgan fingerprint density at radius 3 is 2.74 bits per heavy atom. The average molecular weight is 668 g/mol. The molecule has 0 spiro atoms. The Morgan fingerprint density at radius 1 is 1.21 bits per heavy atom. The molecule has 6 rings (SSSR count). The fourth-order valence-corrected chi connectivity index (χ4v) is 8.03. The van der Waals surface area contributed by atoms with E-state index in [0.717, 1.165) is 0 Å². The molecular formula is C19H24FN9O9P2S2. The molecule has 3 aromatic heterocycles. The zero-order chi connectivity index (χ0) is 29.8. The van der Waals surface area contributed by atoms with Crippen LogP contribution in [0.15, 0.2) is 23.8 Å². The van der Waals surface area contributed by atoms with Gasteiger partial charge in [0.15, 0.2) is 17.4 Å². The van der Waals surface area contributed by atoms with Gasteiger partial charge in [-0.15, -0.1) is 0 Å². The number of nitrogen functional groups attached to an aromatic ring is 1. The summed E-state index contributed by atoms with van der Waals surface area (Å²) in [5, 5.41) is 13.9. The van der Waals surface area contributed by atoms with Gasteiger partial charge in [-0.25, -0.2) is 28.9 Å². The van der Waals surface area contributed by atoms with Gasteiger partial charge in [-0.05, 0) is 18.2 Å². The van der Waals surface area contributed by atoms with Crippen molar-refractivity contribution >= 4 is 60.6 Å². The van der Waals surface area contributed by atoms with E-state index in [0.29, 0.717) is 0 Å². The van der Waals surface area contributed by atoms with Crippen LogP contribution in [0.5, 0.6) is 0 Å². The van der Waals surface area contributed by atoms with E-state index in [2.05, 4.69) is 47.5 Å². The van der Waals surface area contributed by atoms with Gasteiger partial charge in [0.1, 0.15) is 43.2 Å². The number of thiol groups is 1. The van der Waals surface area contributed by atoms with E-state index < -0.39 is 81.1 Å². The number of aromatic nitrogens is 7. The third kappa shape index (κ3) is 5.96. The number of imidazole rings is 1. The van der Waals surface area contributed by atoms with Crippen molar-refractivity contribution < 1.29 is 41.8 Å². The number of nitrogens with two attached hydrogens (primary N) is 1. The first-order valence-electron chi connectivity index (χ1n) is 12.3. The summed E-state index contributed by atoms with van der Waals surface area (Å²) in [6, 6.07) is -0.905. The number of hydrogen-bond acceptors (Lipinski definition) is 16. The van der Waals surface area contributed by atoms with Gasteiger partial charge in [-0.1, -0.05) is 12.2 Å². The first-order valence-corrected chi connectivity index (χ1v) is 17.6. The second-order valence-corrected chi connectivity index (χ2v) is 15.3. The number of hydrogen-bond donors (Lipinski definition) is 6. The lowest BCUT2D eigenvalue weighted by atomic mass is 10.1. The minimum absolute atomic E-state index is 0.0187. The molecule has 18 nitrogen and oxygen atoms in total. The average Bonchev–Trinajstić information content (AvgIpc) is 3.57. The molecule has 0 aromatic carbocycles. The van der Waals surface area contributed by atoms with Crippen molar-refractivity contribution in [2.45, 2.75) is 49.3 Å². The summed E-state index contributed by atoms with van der Waals surface area (Å²) in [6.07, 6.45) is -4.91. The van der Waals surface area contributed by atoms with Gasteiger partial charge in [0.2, 0.25) is 11.9 Å². The van der Waals surface area contributed by atoms with Gasteiger partial charge in [0.05, 0.1) is 25.6 Å². The Bertz CT molecular complexity index is 1620. The standard InChI is InChI=1S/C19H24FN9O9P2S2/c20-10-8(26-19-23-4-22-5-24-19)1-7-2-34-39(32,41)38-14-12(30)9(3-35-40(33,42)37-13(7)10)36-17(14)29-6-25-11-15(29)27-18(21)28-16(11)31/h4-10,12-14,17,30H,1-3H2,(H,32,41)(H,33,42)(H3,21,27,28,31)(H,22,23,24,26)/t7-,8-,9?,10+,12-,13-,14-,17-,39?,40?/m1/s1. The number of aromatic amines is 1. The quantitative estimate of drug-likeness (QED) is 0.160. The summed E-state index contributed by atoms with van der Waals surface area (Å²) in [7, 11) is 0. The molecule has 2 aliphatic heterocycles. The van der Waals surface area contributed by atoms with Crippen LogP contribution >= 0.6 is 25.8 Å². The summed E-state index contributed by atoms with van der Waals surface area (Å²) in [6.45, 7) is -9.36. The fraction of sp³-hybridized carbons (Fsp3) is 0.579. The molecule has 6 N–H and O–H groups in total. The smallest absolute Gasteiger partial charge is 0.386 e. The van der Waals surface area contributed by atoms with Crippen molar-refractivity contribution in [3.05, 3.63) is 29.3 Å². The van der Waals surface area contributed by atoms with Crippen LogP contribution in [0.25, 0.3) is 11.2 Å². The van der Waals surface area contributed by atoms with E-state index in [1.165, 1.54) is 23.5 Å². The highest BCUT2D eigenvalue weighted by atomic mass is 32.7. The Morgan fingerprint density at radius 2 is 1.98 bits per heavy atom. The predicted octanol–water partition coefficient (Wildman–Crippen LogP) is 0.0557. The van der Waals surface area contributed by atoms with Gasteiger partial charge in [0.25, 0.3) is 5.56 Å². The molecule has 5 heterocycles. The molecule has 2 bridgehead atoms. The third-order valence-corrected chi connectivity index (χ3v) is 10.1. The summed E-state index contributed by atoms with van der Waals surface area (Å²) in [5.74, 6) is -0.920. The van der Waals surface area contributed by atoms with Crippen LogP contribution in [0.4, 0.5) is 16.3 Å². The molecule has 3 unspecified atom stereocenters. The first-order chi connectivity index (χ1) is 19.9. The molecule has 23 heteroatoms. The highest BCUT2D eigenvalue weighted by Crippen LogP contribution is 2.58. The fourth-order valence-electron chi connectivity index (χ4n) is 5.05. The van der Waals surface area contributed by atoms with Gasteiger partial charge in [-0.2, -0.15) is 4.98 Å². The minimum Gasteiger partial charge on any atom is -0.387 e. The monoisotopic (exact) mass is 667 g/mol. The molecule has 3 fully saturated rings. The number of alkyl halides is 1. The number of aliphatic hydroxyl groups is 1. The van der Waals surface area contributed by atoms with E-state index in [9.17, 15) is 19.4 Å². The first kappa shape index (κ1) is 29.9. The summed E-state index contributed by atoms with van der Waals surface area (Å²) >= 11 is 9.22. The van der Waals surface area contributed by atoms with Crippen LogP contribution in [-0.4, -0.2) is 94.3 Å². The third-order valence-electron chi connectivity index (χ3n) is 6.93. The van der Waals surface area contributed by atoms with Gasteiger partial charge >= 0.3 is 13.5 Å². The maximum atomic E-state index is 15.6. The number of fused-ring (bicyclic) bond motifs is 4. The second-order valence-electron chi connectivity index (χ2n) is 9.65. The Balaban J connectivity index is 1.29. The van der Waals surface area contributed by atoms with Crippen LogP contribution in [-0.2, 0) is 39.2 Å². The van der Waals surface area contributed by atoms with Crippen LogP contribution in [0.1, 0.15) is 12.6 Å². The minimum atomic E-state index is -4.29. The van der Waals surface area contributed by atoms with E-state index >= 15 is 4.39 Å². The number of nitrogens with one attached hydrogen (secondary N) is 2. The molecule has 2 saturated heterocycles. The Labute approximate surface area is 245 Å². The number of nitrogens with zero attached hydrogens (tertiary/aromatic N) is 6. The van der Waals surface area contributed by atoms with Crippen molar-refractivity contribution in [3.63, 3.8) is 0 Å². The lowest BCUT2D eigenvalue weighted by Crippen LogP contribution is -2.35. The van der Waals surface area contributed by atoms with Crippen molar-refractivity contribution in [1.29, 1.82) is 0 Å². The maximum absolute atomic E-state index is 15.6. The molecule has 1 saturated carbocycles. The van der Waals surface area contributed by atoms with Crippen molar-refractivity contribution in [2.24, 2.45) is 5.92 Å². The highest BCUT2D eigenvalue weighted by molar-refractivity contribution is 8.44. The molecule has 228 valence electrons. The molecule has 0 radical (unpaired) electrons. The highest BCUT2D eigenvalue weighted by Gasteiger charge is 2.52. The maximum Gasteiger partial charge on any atom is 0.386 e. The summed E-state index contributed by atoms with van der Waals surface area (Å²) in [4.78, 5) is 45.1. The van der Waals surface area contributed by atoms with Crippen molar-refractivity contribution in [3.8, 4) is 0 Å².